The molecule has 0 spiro atoms. The van der Waals surface area contributed by atoms with Crippen molar-refractivity contribution in [1.29, 1.82) is 0 Å². The molecule has 10 nitrogen and oxygen atoms in total. The second-order valence-corrected chi connectivity index (χ2v) is 8.96. The van der Waals surface area contributed by atoms with Gasteiger partial charge in [-0.05, 0) is 25.3 Å². The zero-order valence-corrected chi connectivity index (χ0v) is 20.4. The van der Waals surface area contributed by atoms with Crippen LogP contribution in [-0.2, 0) is 30.0 Å². The van der Waals surface area contributed by atoms with Crippen molar-refractivity contribution in [2.75, 3.05) is 38.5 Å². The van der Waals surface area contributed by atoms with Gasteiger partial charge in [0.25, 0.3) is 5.56 Å². The molecule has 2 amide bonds. The Balaban J connectivity index is 1.83. The minimum atomic E-state index is -0.437. The van der Waals surface area contributed by atoms with E-state index >= 15 is 0 Å². The van der Waals surface area contributed by atoms with Gasteiger partial charge in [-0.3, -0.25) is 18.7 Å². The van der Waals surface area contributed by atoms with E-state index in [9.17, 15) is 19.2 Å². The van der Waals surface area contributed by atoms with Gasteiger partial charge in [-0.1, -0.05) is 13.3 Å². The Morgan fingerprint density at radius 3 is 2.36 bits per heavy atom. The Kier molecular flexibility index (Phi) is 8.17. The van der Waals surface area contributed by atoms with Crippen molar-refractivity contribution in [3.05, 3.63) is 32.6 Å². The molecule has 180 valence electrons. The van der Waals surface area contributed by atoms with Crippen molar-refractivity contribution in [3.8, 4) is 0 Å². The molecule has 3 heterocycles. The Morgan fingerprint density at radius 1 is 1.06 bits per heavy atom. The number of hydrogen-bond acceptors (Lipinski definition) is 7. The molecule has 1 fully saturated rings. The number of fused-ring (bicyclic) bond motifs is 1. The number of rotatable bonds is 7. The van der Waals surface area contributed by atoms with E-state index in [2.05, 4.69) is 11.9 Å². The number of thioether (sulfide) groups is 1. The van der Waals surface area contributed by atoms with Gasteiger partial charge in [-0.2, -0.15) is 0 Å². The molecule has 1 saturated heterocycles. The number of amides is 2. The molecular formula is C22H31N5O5S. The van der Waals surface area contributed by atoms with E-state index in [4.69, 9.17) is 4.74 Å². The van der Waals surface area contributed by atoms with Crippen LogP contribution in [0.25, 0.3) is 11.0 Å². The normalized spacial score (nSPS) is 14.1. The highest BCUT2D eigenvalue weighted by Crippen LogP contribution is 2.29. The number of hydrogen-bond donors (Lipinski definition) is 0. The van der Waals surface area contributed by atoms with Crippen LogP contribution in [0.2, 0.25) is 0 Å². The number of pyridine rings is 1. The van der Waals surface area contributed by atoms with Crippen LogP contribution in [0.5, 0.6) is 0 Å². The average Bonchev–Trinajstić information content (AvgIpc) is 2.83. The molecule has 0 saturated carbocycles. The first-order chi connectivity index (χ1) is 15.8. The maximum Gasteiger partial charge on any atom is 0.409 e. The number of nitrogens with zero attached hydrogens (tertiary/aromatic N) is 5. The predicted octanol–water partition coefficient (Wildman–Crippen LogP) is 1.37. The summed E-state index contributed by atoms with van der Waals surface area (Å²) in [5.74, 6) is 0.0976. The summed E-state index contributed by atoms with van der Waals surface area (Å²) in [6.45, 7) is 5.90. The van der Waals surface area contributed by atoms with Crippen LogP contribution in [0, 0.1) is 0 Å². The summed E-state index contributed by atoms with van der Waals surface area (Å²) in [7, 11) is 3.04. The minimum absolute atomic E-state index is 0.0587. The third-order valence-corrected chi connectivity index (χ3v) is 6.94. The van der Waals surface area contributed by atoms with E-state index in [-0.39, 0.29) is 17.8 Å². The molecule has 0 atom stereocenters. The van der Waals surface area contributed by atoms with Crippen LogP contribution < -0.4 is 11.2 Å². The maximum absolute atomic E-state index is 13.0. The van der Waals surface area contributed by atoms with E-state index in [0.29, 0.717) is 48.7 Å². The fourth-order valence-electron chi connectivity index (χ4n) is 3.83. The lowest BCUT2D eigenvalue weighted by molar-refractivity contribution is -0.129. The SMILES string of the molecule is CCCCc1cnc2c(c1SCC(=O)N1CCN(C(=O)OCC)CC1)c(=O)n(C)c(=O)n2C. The molecule has 11 heteroatoms. The lowest BCUT2D eigenvalue weighted by Crippen LogP contribution is -2.51. The number of aryl methyl sites for hydroxylation is 2. The molecule has 0 unspecified atom stereocenters. The van der Waals surface area contributed by atoms with Gasteiger partial charge in [0.2, 0.25) is 5.91 Å². The van der Waals surface area contributed by atoms with Gasteiger partial charge in [0.05, 0.1) is 17.7 Å². The Morgan fingerprint density at radius 2 is 1.73 bits per heavy atom. The molecule has 1 aliphatic heterocycles. The molecule has 33 heavy (non-hydrogen) atoms. The molecule has 0 aromatic carbocycles. The molecule has 0 radical (unpaired) electrons. The highest BCUT2D eigenvalue weighted by atomic mass is 32.2. The standard InChI is InChI=1S/C22H31N5O5S/c1-5-7-8-15-13-23-19-17(20(29)25(4)21(30)24(19)3)18(15)33-14-16(28)26-9-11-27(12-10-26)22(31)32-6-2/h13H,5-12,14H2,1-4H3. The van der Waals surface area contributed by atoms with Gasteiger partial charge >= 0.3 is 11.8 Å². The van der Waals surface area contributed by atoms with Gasteiger partial charge in [0.15, 0.2) is 0 Å². The van der Waals surface area contributed by atoms with Crippen LogP contribution in [0.15, 0.2) is 20.7 Å². The Bertz CT molecular complexity index is 1150. The summed E-state index contributed by atoms with van der Waals surface area (Å²) in [5, 5.41) is 0.373. The van der Waals surface area contributed by atoms with Crippen LogP contribution in [0.1, 0.15) is 32.3 Å². The number of ether oxygens (including phenoxy) is 1. The van der Waals surface area contributed by atoms with Crippen LogP contribution in [0.3, 0.4) is 0 Å². The van der Waals surface area contributed by atoms with Gasteiger partial charge in [-0.15, -0.1) is 11.8 Å². The summed E-state index contributed by atoms with van der Waals surface area (Å²) in [5.41, 5.74) is 0.385. The van der Waals surface area contributed by atoms with Crippen LogP contribution in [-0.4, -0.2) is 74.5 Å². The van der Waals surface area contributed by atoms with Crippen LogP contribution >= 0.6 is 11.8 Å². The summed E-state index contributed by atoms with van der Waals surface area (Å²) in [6, 6.07) is 0. The minimum Gasteiger partial charge on any atom is -0.450 e. The summed E-state index contributed by atoms with van der Waals surface area (Å²) >= 11 is 1.32. The number of carbonyl (C=O) groups is 2. The quantitative estimate of drug-likeness (QED) is 0.555. The van der Waals surface area contributed by atoms with Gasteiger partial charge in [-0.25, -0.2) is 14.6 Å². The molecule has 2 aromatic heterocycles. The monoisotopic (exact) mass is 477 g/mol. The molecule has 0 bridgehead atoms. The van der Waals surface area contributed by atoms with Crippen LogP contribution in [0.4, 0.5) is 4.79 Å². The van der Waals surface area contributed by atoms with E-state index < -0.39 is 11.2 Å². The maximum atomic E-state index is 13.0. The number of unbranched alkanes of at least 4 members (excludes halogenated alkanes) is 1. The zero-order valence-electron chi connectivity index (χ0n) is 19.6. The molecule has 0 aliphatic carbocycles. The molecule has 0 N–H and O–H groups in total. The molecule has 2 aromatic rings. The lowest BCUT2D eigenvalue weighted by Gasteiger charge is -2.34. The molecule has 1 aliphatic rings. The largest absolute Gasteiger partial charge is 0.450 e. The summed E-state index contributed by atoms with van der Waals surface area (Å²) in [4.78, 5) is 58.6. The van der Waals surface area contributed by atoms with Crippen molar-refractivity contribution in [1.82, 2.24) is 23.9 Å². The van der Waals surface area contributed by atoms with Crippen molar-refractivity contribution < 1.29 is 14.3 Å². The molecule has 3 rings (SSSR count). The highest BCUT2D eigenvalue weighted by Gasteiger charge is 2.25. The molecular weight excluding hydrogens is 446 g/mol. The van der Waals surface area contributed by atoms with E-state index in [1.807, 2.05) is 0 Å². The first kappa shape index (κ1) is 24.8. The van der Waals surface area contributed by atoms with Gasteiger partial charge in [0, 0.05) is 51.4 Å². The second-order valence-electron chi connectivity index (χ2n) is 7.98. The Labute approximate surface area is 196 Å². The smallest absolute Gasteiger partial charge is 0.409 e. The topological polar surface area (TPSA) is 107 Å². The third-order valence-electron chi connectivity index (χ3n) is 5.79. The predicted molar refractivity (Wildman–Crippen MR) is 127 cm³/mol. The summed E-state index contributed by atoms with van der Waals surface area (Å²) < 4.78 is 7.46. The van der Waals surface area contributed by atoms with Crippen molar-refractivity contribution in [2.24, 2.45) is 14.1 Å². The van der Waals surface area contributed by atoms with Crippen molar-refractivity contribution >= 4 is 34.8 Å². The fourth-order valence-corrected chi connectivity index (χ4v) is 4.94. The first-order valence-electron chi connectivity index (χ1n) is 11.2. The highest BCUT2D eigenvalue weighted by molar-refractivity contribution is 8.00. The van der Waals surface area contributed by atoms with E-state index in [1.165, 1.54) is 23.4 Å². The second kappa shape index (κ2) is 10.9. The fraction of sp³-hybridized carbons (Fsp3) is 0.591. The lowest BCUT2D eigenvalue weighted by atomic mass is 10.1. The van der Waals surface area contributed by atoms with E-state index in [0.717, 1.165) is 29.4 Å². The number of piperazine rings is 1. The third kappa shape index (κ3) is 5.23. The van der Waals surface area contributed by atoms with Crippen molar-refractivity contribution in [3.63, 3.8) is 0 Å². The average molecular weight is 478 g/mol. The summed E-state index contributed by atoms with van der Waals surface area (Å²) in [6.07, 6.45) is 4.00. The number of carbonyl (C=O) groups excluding carboxylic acids is 2. The zero-order chi connectivity index (χ0) is 24.1. The van der Waals surface area contributed by atoms with Gasteiger partial charge in [0.1, 0.15) is 5.65 Å². The van der Waals surface area contributed by atoms with Crippen molar-refractivity contribution in [2.45, 2.75) is 38.0 Å². The van der Waals surface area contributed by atoms with Gasteiger partial charge < -0.3 is 14.5 Å². The van der Waals surface area contributed by atoms with E-state index in [1.54, 1.807) is 30.0 Å². The number of aromatic nitrogens is 3. The Hall–Kier alpha value is -2.82. The first-order valence-corrected chi connectivity index (χ1v) is 12.2.